The molecule has 13 heavy (non-hydrogen) atoms. The molecule has 3 heteroatoms. The molecule has 0 spiro atoms. The molecular formula is C10H19F2N. The molecule has 0 aromatic heterocycles. The van der Waals surface area contributed by atoms with E-state index >= 15 is 0 Å². The van der Waals surface area contributed by atoms with E-state index in [1.807, 2.05) is 6.92 Å². The lowest BCUT2D eigenvalue weighted by Gasteiger charge is -2.41. The third kappa shape index (κ3) is 3.22. The lowest BCUT2D eigenvalue weighted by Crippen LogP contribution is -2.51. The molecule has 0 bridgehead atoms. The van der Waals surface area contributed by atoms with Gasteiger partial charge >= 0.3 is 0 Å². The molecular weight excluding hydrogens is 172 g/mol. The minimum atomic E-state index is -2.39. The smallest absolute Gasteiger partial charge is 0.248 e. The van der Waals surface area contributed by atoms with Crippen molar-refractivity contribution in [1.82, 2.24) is 5.32 Å². The van der Waals surface area contributed by atoms with E-state index in [1.54, 1.807) is 0 Å². The van der Waals surface area contributed by atoms with Crippen molar-refractivity contribution in [3.05, 3.63) is 0 Å². The number of hydrogen-bond acceptors (Lipinski definition) is 1. The van der Waals surface area contributed by atoms with Gasteiger partial charge in [0.1, 0.15) is 0 Å². The van der Waals surface area contributed by atoms with Gasteiger partial charge in [-0.3, -0.25) is 0 Å². The highest BCUT2D eigenvalue weighted by Gasteiger charge is 2.47. The highest BCUT2D eigenvalue weighted by molar-refractivity contribution is 4.93. The summed E-state index contributed by atoms with van der Waals surface area (Å²) in [4.78, 5) is 0. The van der Waals surface area contributed by atoms with Crippen LogP contribution in [0.25, 0.3) is 0 Å². The minimum absolute atomic E-state index is 0.0181. The number of nitrogens with one attached hydrogen (secondary N) is 1. The molecule has 1 fully saturated rings. The van der Waals surface area contributed by atoms with Gasteiger partial charge in [-0.25, -0.2) is 8.78 Å². The number of rotatable bonds is 2. The van der Waals surface area contributed by atoms with Crippen LogP contribution >= 0.6 is 0 Å². The Bertz CT molecular complexity index is 176. The van der Waals surface area contributed by atoms with Crippen LogP contribution in [-0.4, -0.2) is 17.5 Å². The Hall–Kier alpha value is -0.180. The van der Waals surface area contributed by atoms with Crippen LogP contribution in [0.5, 0.6) is 0 Å². The molecule has 0 aliphatic heterocycles. The summed E-state index contributed by atoms with van der Waals surface area (Å²) < 4.78 is 25.1. The average molecular weight is 191 g/mol. The summed E-state index contributed by atoms with van der Waals surface area (Å²) in [6, 6.07) is 0.194. The lowest BCUT2D eigenvalue weighted by atomic mass is 9.76. The van der Waals surface area contributed by atoms with E-state index in [4.69, 9.17) is 0 Å². The minimum Gasteiger partial charge on any atom is -0.309 e. The summed E-state index contributed by atoms with van der Waals surface area (Å²) >= 11 is 0. The van der Waals surface area contributed by atoms with Gasteiger partial charge in [0.25, 0.3) is 0 Å². The van der Waals surface area contributed by atoms with Crippen LogP contribution in [0.15, 0.2) is 0 Å². The van der Waals surface area contributed by atoms with Gasteiger partial charge < -0.3 is 5.32 Å². The van der Waals surface area contributed by atoms with Crippen molar-refractivity contribution in [2.24, 2.45) is 5.92 Å². The fourth-order valence-electron chi connectivity index (χ4n) is 1.86. The SMILES string of the molecule is CC(NC(C)(C)C)C1CC(F)(F)C1. The third-order valence-corrected chi connectivity index (χ3v) is 2.49. The largest absolute Gasteiger partial charge is 0.309 e. The van der Waals surface area contributed by atoms with Crippen molar-refractivity contribution in [2.75, 3.05) is 0 Å². The first kappa shape index (κ1) is 10.9. The zero-order chi connectivity index (χ0) is 10.3. The highest BCUT2D eigenvalue weighted by Crippen LogP contribution is 2.44. The Morgan fingerprint density at radius 1 is 1.31 bits per heavy atom. The fourth-order valence-corrected chi connectivity index (χ4v) is 1.86. The Balaban J connectivity index is 2.31. The first-order valence-electron chi connectivity index (χ1n) is 4.85. The van der Waals surface area contributed by atoms with Gasteiger partial charge in [-0.1, -0.05) is 0 Å². The maximum atomic E-state index is 12.6. The number of hydrogen-bond donors (Lipinski definition) is 1. The molecule has 0 amide bonds. The summed E-state index contributed by atoms with van der Waals surface area (Å²) in [5, 5.41) is 3.33. The summed E-state index contributed by atoms with van der Waals surface area (Å²) in [7, 11) is 0. The van der Waals surface area contributed by atoms with Gasteiger partial charge in [0.05, 0.1) is 0 Å². The van der Waals surface area contributed by atoms with Crippen LogP contribution in [0.2, 0.25) is 0 Å². The second kappa shape index (κ2) is 3.19. The van der Waals surface area contributed by atoms with Crippen LogP contribution in [-0.2, 0) is 0 Å². The zero-order valence-electron chi connectivity index (χ0n) is 8.82. The van der Waals surface area contributed by atoms with E-state index in [9.17, 15) is 8.78 Å². The summed E-state index contributed by atoms with van der Waals surface area (Å²) in [6.07, 6.45) is 0.106. The monoisotopic (exact) mass is 191 g/mol. The van der Waals surface area contributed by atoms with E-state index in [2.05, 4.69) is 26.1 Å². The molecule has 0 saturated heterocycles. The lowest BCUT2D eigenvalue weighted by molar-refractivity contribution is -0.119. The third-order valence-electron chi connectivity index (χ3n) is 2.49. The van der Waals surface area contributed by atoms with E-state index in [-0.39, 0.29) is 30.3 Å². The fraction of sp³-hybridized carbons (Fsp3) is 1.00. The molecule has 1 N–H and O–H groups in total. The molecule has 1 unspecified atom stereocenters. The first-order chi connectivity index (χ1) is 5.70. The quantitative estimate of drug-likeness (QED) is 0.707. The molecule has 0 radical (unpaired) electrons. The normalized spacial score (nSPS) is 25.4. The second-order valence-electron chi connectivity index (χ2n) is 5.21. The first-order valence-corrected chi connectivity index (χ1v) is 4.85. The number of halogens is 2. The predicted octanol–water partition coefficient (Wildman–Crippen LogP) is 2.81. The van der Waals surface area contributed by atoms with Crippen LogP contribution in [0, 0.1) is 5.92 Å². The van der Waals surface area contributed by atoms with Crippen LogP contribution in [0.3, 0.4) is 0 Å². The molecule has 1 saturated carbocycles. The maximum absolute atomic E-state index is 12.6. The average Bonchev–Trinajstić information content (AvgIpc) is 1.77. The van der Waals surface area contributed by atoms with Gasteiger partial charge in [-0.15, -0.1) is 0 Å². The molecule has 1 nitrogen and oxygen atoms in total. The van der Waals surface area contributed by atoms with Crippen LogP contribution in [0.1, 0.15) is 40.5 Å². The van der Waals surface area contributed by atoms with Crippen molar-refractivity contribution in [3.63, 3.8) is 0 Å². The molecule has 1 aliphatic rings. The van der Waals surface area contributed by atoms with Gasteiger partial charge in [0, 0.05) is 24.4 Å². The van der Waals surface area contributed by atoms with E-state index in [0.29, 0.717) is 0 Å². The molecule has 0 heterocycles. The Morgan fingerprint density at radius 3 is 2.08 bits per heavy atom. The van der Waals surface area contributed by atoms with Crippen molar-refractivity contribution >= 4 is 0 Å². The molecule has 1 atom stereocenters. The van der Waals surface area contributed by atoms with Crippen molar-refractivity contribution < 1.29 is 8.78 Å². The summed E-state index contributed by atoms with van der Waals surface area (Å²) in [6.45, 7) is 8.16. The summed E-state index contributed by atoms with van der Waals surface area (Å²) in [5.74, 6) is -2.24. The van der Waals surface area contributed by atoms with Crippen LogP contribution in [0.4, 0.5) is 8.78 Å². The Morgan fingerprint density at radius 2 is 1.77 bits per heavy atom. The molecule has 1 rings (SSSR count). The van der Waals surface area contributed by atoms with Gasteiger partial charge in [-0.05, 0) is 33.6 Å². The van der Waals surface area contributed by atoms with Gasteiger partial charge in [0.2, 0.25) is 5.92 Å². The van der Waals surface area contributed by atoms with E-state index in [1.165, 1.54) is 0 Å². The van der Waals surface area contributed by atoms with Crippen molar-refractivity contribution in [2.45, 2.75) is 58.0 Å². The molecule has 1 aliphatic carbocycles. The van der Waals surface area contributed by atoms with Gasteiger partial charge in [0.15, 0.2) is 0 Å². The highest BCUT2D eigenvalue weighted by atomic mass is 19.3. The molecule has 0 aromatic carbocycles. The maximum Gasteiger partial charge on any atom is 0.248 e. The van der Waals surface area contributed by atoms with Crippen LogP contribution < -0.4 is 5.32 Å². The standard InChI is InChI=1S/C10H19F2N/c1-7(13-9(2,3)4)8-5-10(11,12)6-8/h7-8,13H,5-6H2,1-4H3. The Labute approximate surface area is 78.9 Å². The Kier molecular flexibility index (Phi) is 2.68. The topological polar surface area (TPSA) is 12.0 Å². The second-order valence-corrected chi connectivity index (χ2v) is 5.21. The van der Waals surface area contributed by atoms with E-state index < -0.39 is 5.92 Å². The van der Waals surface area contributed by atoms with Crippen molar-refractivity contribution in [1.29, 1.82) is 0 Å². The molecule has 0 aromatic rings. The van der Waals surface area contributed by atoms with Gasteiger partial charge in [-0.2, -0.15) is 0 Å². The van der Waals surface area contributed by atoms with E-state index in [0.717, 1.165) is 0 Å². The number of alkyl halides is 2. The zero-order valence-corrected chi connectivity index (χ0v) is 8.82. The molecule has 78 valence electrons. The summed E-state index contributed by atoms with van der Waals surface area (Å²) in [5.41, 5.74) is 0.0181. The van der Waals surface area contributed by atoms with Crippen molar-refractivity contribution in [3.8, 4) is 0 Å². The predicted molar refractivity (Wildman–Crippen MR) is 50.0 cm³/mol.